The van der Waals surface area contributed by atoms with Gasteiger partial charge in [0.25, 0.3) is 0 Å². The summed E-state index contributed by atoms with van der Waals surface area (Å²) in [5.41, 5.74) is -0.695. The fraction of sp³-hybridized carbons (Fsp3) is 0.500. The van der Waals surface area contributed by atoms with Crippen molar-refractivity contribution in [1.82, 2.24) is 0 Å². The summed E-state index contributed by atoms with van der Waals surface area (Å²) < 4.78 is 52.4. The predicted octanol–water partition coefficient (Wildman–Crippen LogP) is 2.45. The van der Waals surface area contributed by atoms with Crippen LogP contribution < -0.4 is 15.5 Å². The molecule has 1 fully saturated rings. The van der Waals surface area contributed by atoms with Crippen molar-refractivity contribution in [1.29, 1.82) is 0 Å². The molecule has 2 rings (SSSR count). The Balaban J connectivity index is 2.34. The van der Waals surface area contributed by atoms with Gasteiger partial charge in [-0.05, 0) is 33.8 Å². The van der Waals surface area contributed by atoms with Gasteiger partial charge >= 0.3 is 13.5 Å². The number of ether oxygens (including phenoxy) is 1. The number of halogens is 3. The highest BCUT2D eigenvalue weighted by Gasteiger charge is 2.52. The van der Waals surface area contributed by atoms with Gasteiger partial charge in [0.05, 0.1) is 11.2 Å². The normalized spacial score (nSPS) is 19.5. The Kier molecular flexibility index (Phi) is 4.38. The Bertz CT molecular complexity index is 588. The molecule has 0 saturated carbocycles. The van der Waals surface area contributed by atoms with Gasteiger partial charge in [0, 0.05) is 17.2 Å². The molecule has 0 aromatic heterocycles. The second-order valence-corrected chi connectivity index (χ2v) is 6.15. The predicted molar refractivity (Wildman–Crippen MR) is 78.5 cm³/mol. The molecule has 1 aromatic carbocycles. The Morgan fingerprint density at radius 1 is 1.17 bits per heavy atom. The van der Waals surface area contributed by atoms with Crippen LogP contribution in [-0.2, 0) is 14.1 Å². The molecular formula is C14H17BF3NO4. The lowest BCUT2D eigenvalue weighted by molar-refractivity contribution is -0.274. The quantitative estimate of drug-likeness (QED) is 0.680. The number of rotatable bonds is 4. The van der Waals surface area contributed by atoms with E-state index in [4.69, 9.17) is 9.31 Å². The molecular weight excluding hydrogens is 314 g/mol. The van der Waals surface area contributed by atoms with Gasteiger partial charge in [-0.3, -0.25) is 4.79 Å². The molecule has 126 valence electrons. The van der Waals surface area contributed by atoms with Gasteiger partial charge in [0.2, 0.25) is 6.41 Å². The molecule has 23 heavy (non-hydrogen) atoms. The molecule has 0 spiro atoms. The molecule has 0 atom stereocenters. The fourth-order valence-electron chi connectivity index (χ4n) is 2.10. The minimum atomic E-state index is -4.82. The molecule has 1 saturated heterocycles. The van der Waals surface area contributed by atoms with Crippen LogP contribution in [0.1, 0.15) is 27.7 Å². The summed E-state index contributed by atoms with van der Waals surface area (Å²) in [6.07, 6.45) is -4.45. The number of hydrogen-bond donors (Lipinski definition) is 1. The number of anilines is 1. The van der Waals surface area contributed by atoms with Gasteiger partial charge in [0.15, 0.2) is 0 Å². The zero-order chi connectivity index (χ0) is 17.5. The second kappa shape index (κ2) is 5.72. The second-order valence-electron chi connectivity index (χ2n) is 6.15. The van der Waals surface area contributed by atoms with E-state index < -0.39 is 30.4 Å². The number of amides is 1. The van der Waals surface area contributed by atoms with E-state index in [1.165, 1.54) is 6.07 Å². The van der Waals surface area contributed by atoms with Crippen LogP contribution in [0, 0.1) is 0 Å². The van der Waals surface area contributed by atoms with E-state index in [0.717, 1.165) is 12.1 Å². The standard InChI is InChI=1S/C14H17BF3NO4/c1-12(2)13(3,4)23-15(22-12)10-6-5-9(21-14(16,17)18)7-11(10)19-8-20/h5-8H,1-4H3,(H,19,20). The van der Waals surface area contributed by atoms with Crippen LogP contribution in [0.15, 0.2) is 18.2 Å². The van der Waals surface area contributed by atoms with Gasteiger partial charge in [-0.2, -0.15) is 0 Å². The van der Waals surface area contributed by atoms with Crippen LogP contribution in [0.25, 0.3) is 0 Å². The third-order valence-corrected chi connectivity index (χ3v) is 3.98. The summed E-state index contributed by atoms with van der Waals surface area (Å²) in [5, 5.41) is 2.35. The summed E-state index contributed by atoms with van der Waals surface area (Å²) in [6, 6.07) is 3.58. The lowest BCUT2D eigenvalue weighted by Crippen LogP contribution is -2.41. The first-order chi connectivity index (χ1) is 10.5. The number of carbonyl (C=O) groups excluding carboxylic acids is 1. The van der Waals surface area contributed by atoms with E-state index in [-0.39, 0.29) is 5.69 Å². The molecule has 0 bridgehead atoms. The first-order valence-electron chi connectivity index (χ1n) is 6.91. The Morgan fingerprint density at radius 3 is 2.22 bits per heavy atom. The summed E-state index contributed by atoms with van der Waals surface area (Å²) in [6.45, 7) is 7.39. The molecule has 9 heteroatoms. The van der Waals surface area contributed by atoms with Crippen LogP contribution in [0.4, 0.5) is 18.9 Å². The highest BCUT2D eigenvalue weighted by Crippen LogP contribution is 2.37. The molecule has 1 heterocycles. The molecule has 1 aliphatic heterocycles. The van der Waals surface area contributed by atoms with E-state index in [2.05, 4.69) is 10.1 Å². The van der Waals surface area contributed by atoms with E-state index in [0.29, 0.717) is 11.9 Å². The van der Waals surface area contributed by atoms with Gasteiger partial charge in [-0.25, -0.2) is 0 Å². The zero-order valence-corrected chi connectivity index (χ0v) is 13.2. The SMILES string of the molecule is CC1(C)OB(c2ccc(OC(F)(F)F)cc2NC=O)OC1(C)C. The molecule has 1 N–H and O–H groups in total. The molecule has 0 radical (unpaired) electrons. The summed E-state index contributed by atoms with van der Waals surface area (Å²) in [7, 11) is -0.817. The van der Waals surface area contributed by atoms with Crippen LogP contribution in [0.2, 0.25) is 0 Å². The monoisotopic (exact) mass is 331 g/mol. The number of nitrogens with one attached hydrogen (secondary N) is 1. The van der Waals surface area contributed by atoms with Crippen LogP contribution >= 0.6 is 0 Å². The first kappa shape index (κ1) is 17.6. The summed E-state index contributed by atoms with van der Waals surface area (Å²) in [5.74, 6) is -0.442. The Labute approximate surface area is 132 Å². The largest absolute Gasteiger partial charge is 0.573 e. The summed E-state index contributed by atoms with van der Waals surface area (Å²) in [4.78, 5) is 10.7. The van der Waals surface area contributed by atoms with E-state index >= 15 is 0 Å². The van der Waals surface area contributed by atoms with Gasteiger partial charge in [-0.15, -0.1) is 13.2 Å². The van der Waals surface area contributed by atoms with Gasteiger partial charge < -0.3 is 19.4 Å². The fourth-order valence-corrected chi connectivity index (χ4v) is 2.10. The van der Waals surface area contributed by atoms with Crippen molar-refractivity contribution in [2.24, 2.45) is 0 Å². The minimum absolute atomic E-state index is 0.125. The molecule has 1 aromatic rings. The van der Waals surface area contributed by atoms with Crippen molar-refractivity contribution in [2.75, 3.05) is 5.32 Å². The molecule has 1 aliphatic rings. The average molecular weight is 331 g/mol. The minimum Gasteiger partial charge on any atom is -0.406 e. The Hall–Kier alpha value is -1.74. The molecule has 5 nitrogen and oxygen atoms in total. The number of hydrogen-bond acceptors (Lipinski definition) is 4. The summed E-state index contributed by atoms with van der Waals surface area (Å²) >= 11 is 0. The van der Waals surface area contributed by atoms with Crippen molar-refractivity contribution >= 4 is 24.7 Å². The lowest BCUT2D eigenvalue weighted by atomic mass is 9.77. The number of carbonyl (C=O) groups is 1. The highest BCUT2D eigenvalue weighted by atomic mass is 19.4. The number of alkyl halides is 3. The first-order valence-corrected chi connectivity index (χ1v) is 6.91. The third kappa shape index (κ3) is 3.78. The van der Waals surface area contributed by atoms with Crippen molar-refractivity contribution in [3.63, 3.8) is 0 Å². The topological polar surface area (TPSA) is 56.8 Å². The zero-order valence-electron chi connectivity index (χ0n) is 13.2. The van der Waals surface area contributed by atoms with Crippen LogP contribution in [0.3, 0.4) is 0 Å². The average Bonchev–Trinajstić information content (AvgIpc) is 2.56. The molecule has 1 amide bonds. The maximum atomic E-state index is 12.3. The van der Waals surface area contributed by atoms with Gasteiger partial charge in [0.1, 0.15) is 5.75 Å². The maximum absolute atomic E-state index is 12.3. The van der Waals surface area contributed by atoms with Crippen molar-refractivity contribution in [3.8, 4) is 5.75 Å². The highest BCUT2D eigenvalue weighted by molar-refractivity contribution is 6.64. The van der Waals surface area contributed by atoms with Gasteiger partial charge in [-0.1, -0.05) is 6.07 Å². The Morgan fingerprint density at radius 2 is 1.74 bits per heavy atom. The van der Waals surface area contributed by atoms with Crippen molar-refractivity contribution < 1.29 is 32.0 Å². The van der Waals surface area contributed by atoms with Crippen LogP contribution in [0.5, 0.6) is 5.75 Å². The van der Waals surface area contributed by atoms with E-state index in [9.17, 15) is 18.0 Å². The van der Waals surface area contributed by atoms with Crippen molar-refractivity contribution in [2.45, 2.75) is 45.3 Å². The number of benzene rings is 1. The lowest BCUT2D eigenvalue weighted by Gasteiger charge is -2.32. The third-order valence-electron chi connectivity index (χ3n) is 3.98. The van der Waals surface area contributed by atoms with Crippen LogP contribution in [-0.4, -0.2) is 31.1 Å². The molecule has 0 unspecified atom stereocenters. The van der Waals surface area contributed by atoms with E-state index in [1.54, 1.807) is 0 Å². The smallest absolute Gasteiger partial charge is 0.406 e. The maximum Gasteiger partial charge on any atom is 0.573 e. The molecule has 0 aliphatic carbocycles. The van der Waals surface area contributed by atoms with E-state index in [1.807, 2.05) is 27.7 Å². The van der Waals surface area contributed by atoms with Crippen molar-refractivity contribution in [3.05, 3.63) is 18.2 Å².